The molecule has 2 aromatic carbocycles. The first-order chi connectivity index (χ1) is 12.5. The largest absolute Gasteiger partial charge is 0.482 e. The number of benzene rings is 2. The number of halogens is 3. The number of anilines is 2. The van der Waals surface area contributed by atoms with Gasteiger partial charge in [0, 0.05) is 19.0 Å². The summed E-state index contributed by atoms with van der Waals surface area (Å²) in [5, 5.41) is 3.61. The summed E-state index contributed by atoms with van der Waals surface area (Å²) in [6.45, 7) is 0.376. The molecule has 1 fully saturated rings. The topological polar surface area (TPSA) is 58.6 Å². The molecule has 1 saturated heterocycles. The summed E-state index contributed by atoms with van der Waals surface area (Å²) < 4.78 is 5.43. The van der Waals surface area contributed by atoms with Crippen molar-refractivity contribution in [2.45, 2.75) is 12.8 Å². The Hall–Kier alpha value is -1.95. The molecule has 2 aromatic rings. The van der Waals surface area contributed by atoms with Crippen LogP contribution in [0.5, 0.6) is 5.75 Å². The molecule has 0 saturated carbocycles. The molecule has 5 nitrogen and oxygen atoms in total. The quantitative estimate of drug-likeness (QED) is 0.717. The molecule has 0 aromatic heterocycles. The standard InChI is InChI=1S/C18H15Cl3N2O3/c19-11-8-13(21)16(9-12(11)20)26-10-17(24)22-14-4-1-2-5-15(14)23-7-3-6-18(23)25/h1-2,4-5,8-9H,3,6-7,10H2,(H,22,24). The van der Waals surface area contributed by atoms with Crippen molar-refractivity contribution in [3.63, 3.8) is 0 Å². The maximum absolute atomic E-state index is 12.3. The van der Waals surface area contributed by atoms with E-state index < -0.39 is 0 Å². The van der Waals surface area contributed by atoms with E-state index >= 15 is 0 Å². The molecule has 2 amide bonds. The van der Waals surface area contributed by atoms with E-state index in [0.717, 1.165) is 6.42 Å². The first-order valence-corrected chi connectivity index (χ1v) is 9.05. The van der Waals surface area contributed by atoms with E-state index in [4.69, 9.17) is 39.5 Å². The molecule has 0 radical (unpaired) electrons. The Balaban J connectivity index is 1.68. The monoisotopic (exact) mass is 412 g/mol. The molecule has 1 heterocycles. The number of hydrogen-bond donors (Lipinski definition) is 1. The van der Waals surface area contributed by atoms with Gasteiger partial charge in [-0.1, -0.05) is 46.9 Å². The van der Waals surface area contributed by atoms with Gasteiger partial charge in [-0.2, -0.15) is 0 Å². The average Bonchev–Trinajstić information content (AvgIpc) is 3.03. The highest BCUT2D eigenvalue weighted by molar-refractivity contribution is 6.43. The van der Waals surface area contributed by atoms with Crippen LogP contribution in [0.15, 0.2) is 36.4 Å². The third kappa shape index (κ3) is 4.23. The second-order valence-corrected chi connectivity index (χ2v) is 6.92. The lowest BCUT2D eigenvalue weighted by atomic mass is 10.2. The summed E-state index contributed by atoms with van der Waals surface area (Å²) in [5.74, 6) is -0.0732. The fourth-order valence-corrected chi connectivity index (χ4v) is 3.25. The molecule has 1 aliphatic heterocycles. The van der Waals surface area contributed by atoms with Gasteiger partial charge in [-0.25, -0.2) is 0 Å². The number of para-hydroxylation sites is 2. The Morgan fingerprint density at radius 3 is 2.58 bits per heavy atom. The average molecular weight is 414 g/mol. The first-order valence-electron chi connectivity index (χ1n) is 7.92. The molecular weight excluding hydrogens is 399 g/mol. The zero-order valence-corrected chi connectivity index (χ0v) is 15.9. The van der Waals surface area contributed by atoms with Crippen molar-refractivity contribution in [1.29, 1.82) is 0 Å². The van der Waals surface area contributed by atoms with Crippen LogP contribution < -0.4 is 15.0 Å². The second kappa shape index (κ2) is 8.16. The third-order valence-corrected chi connectivity index (χ3v) is 4.89. The molecule has 0 spiro atoms. The van der Waals surface area contributed by atoms with Gasteiger partial charge in [-0.3, -0.25) is 9.59 Å². The number of hydrogen-bond acceptors (Lipinski definition) is 3. The summed E-state index contributed by atoms with van der Waals surface area (Å²) in [7, 11) is 0. The molecular formula is C18H15Cl3N2O3. The molecule has 0 atom stereocenters. The lowest BCUT2D eigenvalue weighted by Crippen LogP contribution is -2.27. The molecule has 8 heteroatoms. The Bertz CT molecular complexity index is 858. The SMILES string of the molecule is O=C(COc1cc(Cl)c(Cl)cc1Cl)Nc1ccccc1N1CCCC1=O. The van der Waals surface area contributed by atoms with Crippen molar-refractivity contribution in [1.82, 2.24) is 0 Å². The summed E-state index contributed by atoms with van der Waals surface area (Å²) in [6, 6.07) is 10.1. The highest BCUT2D eigenvalue weighted by Crippen LogP contribution is 2.34. The first kappa shape index (κ1) is 18.8. The van der Waals surface area contributed by atoms with Crippen molar-refractivity contribution in [2.24, 2.45) is 0 Å². The van der Waals surface area contributed by atoms with Gasteiger partial charge in [0.25, 0.3) is 5.91 Å². The molecule has 0 unspecified atom stereocenters. The van der Waals surface area contributed by atoms with Crippen LogP contribution in [-0.4, -0.2) is 25.0 Å². The van der Waals surface area contributed by atoms with Crippen molar-refractivity contribution < 1.29 is 14.3 Å². The van der Waals surface area contributed by atoms with Crippen molar-refractivity contribution in [2.75, 3.05) is 23.4 Å². The number of nitrogens with one attached hydrogen (secondary N) is 1. The molecule has 3 rings (SSSR count). The number of ether oxygens (including phenoxy) is 1. The molecule has 1 aliphatic rings. The number of amides is 2. The van der Waals surface area contributed by atoms with Crippen LogP contribution in [-0.2, 0) is 9.59 Å². The van der Waals surface area contributed by atoms with E-state index in [2.05, 4.69) is 5.32 Å². The predicted octanol–water partition coefficient (Wildman–Crippen LogP) is 4.79. The van der Waals surface area contributed by atoms with E-state index in [1.54, 1.807) is 23.1 Å². The van der Waals surface area contributed by atoms with E-state index in [-0.39, 0.29) is 34.2 Å². The highest BCUT2D eigenvalue weighted by atomic mass is 35.5. The van der Waals surface area contributed by atoms with E-state index in [1.807, 2.05) is 6.07 Å². The van der Waals surface area contributed by atoms with Gasteiger partial charge in [-0.05, 0) is 24.6 Å². The molecule has 0 aliphatic carbocycles. The van der Waals surface area contributed by atoms with Gasteiger partial charge in [0.1, 0.15) is 5.75 Å². The predicted molar refractivity (Wildman–Crippen MR) is 104 cm³/mol. The number of nitrogens with zero attached hydrogens (tertiary/aromatic N) is 1. The Kier molecular flexibility index (Phi) is 5.91. The highest BCUT2D eigenvalue weighted by Gasteiger charge is 2.24. The van der Waals surface area contributed by atoms with E-state index in [0.29, 0.717) is 29.4 Å². The fraction of sp³-hybridized carbons (Fsp3) is 0.222. The molecule has 26 heavy (non-hydrogen) atoms. The van der Waals surface area contributed by atoms with Crippen molar-refractivity contribution >= 4 is 58.0 Å². The Morgan fingerprint density at radius 1 is 1.12 bits per heavy atom. The minimum absolute atomic E-state index is 0.0468. The Labute approximate surface area is 165 Å². The zero-order valence-electron chi connectivity index (χ0n) is 13.6. The maximum Gasteiger partial charge on any atom is 0.262 e. The van der Waals surface area contributed by atoms with Crippen LogP contribution in [0.2, 0.25) is 15.1 Å². The van der Waals surface area contributed by atoms with Crippen LogP contribution in [0, 0.1) is 0 Å². The minimum atomic E-state index is -0.383. The van der Waals surface area contributed by atoms with Crippen molar-refractivity contribution in [3.8, 4) is 5.75 Å². The van der Waals surface area contributed by atoms with E-state index in [9.17, 15) is 9.59 Å². The number of rotatable bonds is 5. The lowest BCUT2D eigenvalue weighted by molar-refractivity contribution is -0.118. The van der Waals surface area contributed by atoms with Gasteiger partial charge < -0.3 is 15.0 Å². The second-order valence-electron chi connectivity index (χ2n) is 5.70. The van der Waals surface area contributed by atoms with Crippen LogP contribution >= 0.6 is 34.8 Å². The number of carbonyl (C=O) groups is 2. The molecule has 136 valence electrons. The van der Waals surface area contributed by atoms with Crippen LogP contribution in [0.4, 0.5) is 11.4 Å². The molecule has 1 N–H and O–H groups in total. The minimum Gasteiger partial charge on any atom is -0.482 e. The summed E-state index contributed by atoms with van der Waals surface area (Å²) in [4.78, 5) is 25.9. The lowest BCUT2D eigenvalue weighted by Gasteiger charge is -2.20. The van der Waals surface area contributed by atoms with Gasteiger partial charge >= 0.3 is 0 Å². The van der Waals surface area contributed by atoms with Gasteiger partial charge in [0.2, 0.25) is 5.91 Å². The Morgan fingerprint density at radius 2 is 1.85 bits per heavy atom. The van der Waals surface area contributed by atoms with Gasteiger partial charge in [-0.15, -0.1) is 0 Å². The van der Waals surface area contributed by atoms with Crippen LogP contribution in [0.1, 0.15) is 12.8 Å². The van der Waals surface area contributed by atoms with Gasteiger partial charge in [0.05, 0.1) is 26.4 Å². The van der Waals surface area contributed by atoms with Crippen LogP contribution in [0.25, 0.3) is 0 Å². The summed E-state index contributed by atoms with van der Waals surface area (Å²) in [5.41, 5.74) is 1.23. The zero-order chi connectivity index (χ0) is 18.7. The number of carbonyl (C=O) groups excluding carboxylic acids is 2. The van der Waals surface area contributed by atoms with E-state index in [1.165, 1.54) is 12.1 Å². The fourth-order valence-electron chi connectivity index (χ4n) is 2.66. The van der Waals surface area contributed by atoms with Crippen LogP contribution in [0.3, 0.4) is 0 Å². The summed E-state index contributed by atoms with van der Waals surface area (Å²) >= 11 is 17.8. The normalized spacial score (nSPS) is 13.8. The maximum atomic E-state index is 12.3. The molecule has 0 bridgehead atoms. The smallest absolute Gasteiger partial charge is 0.262 e. The third-order valence-electron chi connectivity index (χ3n) is 3.88. The van der Waals surface area contributed by atoms with Gasteiger partial charge in [0.15, 0.2) is 6.61 Å². The van der Waals surface area contributed by atoms with Crippen molar-refractivity contribution in [3.05, 3.63) is 51.5 Å². The summed E-state index contributed by atoms with van der Waals surface area (Å²) in [6.07, 6.45) is 1.32.